The van der Waals surface area contributed by atoms with Crippen LogP contribution in [0, 0.1) is 0 Å². The minimum Gasteiger partial charge on any atom is -0.504 e. The van der Waals surface area contributed by atoms with Gasteiger partial charge in [-0.2, -0.15) is 0 Å². The minimum atomic E-state index is -0.348. The topological polar surface area (TPSA) is 67.8 Å². The number of carbonyl (C=O) groups is 1. The molecule has 5 nitrogen and oxygen atoms in total. The zero-order valence-electron chi connectivity index (χ0n) is 11.0. The number of phenols is 1. The van der Waals surface area contributed by atoms with Gasteiger partial charge in [0.1, 0.15) is 0 Å². The summed E-state index contributed by atoms with van der Waals surface area (Å²) < 4.78 is 10.0. The van der Waals surface area contributed by atoms with E-state index in [0.717, 1.165) is 11.8 Å². The molecule has 0 saturated carbocycles. The molecule has 0 saturated heterocycles. The Labute approximate surface area is 121 Å². The predicted molar refractivity (Wildman–Crippen MR) is 76.2 cm³/mol. The standard InChI is InChI=1S/C13H18BrNO4/c1-18-8-9(6-7-14)15-13(17)10-4-3-5-11(19-2)12(10)16/h3-5,9,16H,6-8H2,1-2H3,(H,15,17). The molecule has 1 atom stereocenters. The summed E-state index contributed by atoms with van der Waals surface area (Å²) in [6.45, 7) is 0.419. The first kappa shape index (κ1) is 15.8. The first-order chi connectivity index (χ1) is 9.13. The quantitative estimate of drug-likeness (QED) is 0.749. The summed E-state index contributed by atoms with van der Waals surface area (Å²) in [5, 5.41) is 13.5. The molecule has 1 amide bonds. The largest absolute Gasteiger partial charge is 0.504 e. The van der Waals surface area contributed by atoms with Crippen LogP contribution in [0.2, 0.25) is 0 Å². The van der Waals surface area contributed by atoms with Crippen LogP contribution in [0.25, 0.3) is 0 Å². The van der Waals surface area contributed by atoms with Crippen LogP contribution in [0.5, 0.6) is 11.5 Å². The SMILES string of the molecule is COCC(CCBr)NC(=O)c1cccc(OC)c1O. The van der Waals surface area contributed by atoms with Gasteiger partial charge in [0.15, 0.2) is 11.5 Å². The molecular formula is C13H18BrNO4. The van der Waals surface area contributed by atoms with Crippen LogP contribution < -0.4 is 10.1 Å². The van der Waals surface area contributed by atoms with Gasteiger partial charge in [-0.3, -0.25) is 4.79 Å². The monoisotopic (exact) mass is 331 g/mol. The molecule has 0 spiro atoms. The Kier molecular flexibility index (Phi) is 6.66. The fraction of sp³-hybridized carbons (Fsp3) is 0.462. The number of amides is 1. The molecular weight excluding hydrogens is 314 g/mol. The van der Waals surface area contributed by atoms with E-state index in [9.17, 15) is 9.90 Å². The molecule has 1 aromatic carbocycles. The molecule has 0 aliphatic carbocycles. The molecule has 6 heteroatoms. The third-order valence-corrected chi connectivity index (χ3v) is 3.08. The number of para-hydroxylation sites is 1. The summed E-state index contributed by atoms with van der Waals surface area (Å²) >= 11 is 3.33. The summed E-state index contributed by atoms with van der Waals surface area (Å²) in [4.78, 5) is 12.1. The van der Waals surface area contributed by atoms with Gasteiger partial charge in [-0.25, -0.2) is 0 Å². The van der Waals surface area contributed by atoms with E-state index in [1.165, 1.54) is 7.11 Å². The highest BCUT2D eigenvalue weighted by atomic mass is 79.9. The smallest absolute Gasteiger partial charge is 0.255 e. The first-order valence-electron chi connectivity index (χ1n) is 5.85. The molecule has 19 heavy (non-hydrogen) atoms. The molecule has 2 N–H and O–H groups in total. The van der Waals surface area contributed by atoms with E-state index in [1.54, 1.807) is 25.3 Å². The predicted octanol–water partition coefficient (Wildman–Crippen LogP) is 1.93. The van der Waals surface area contributed by atoms with Gasteiger partial charge in [0.2, 0.25) is 0 Å². The number of hydrogen-bond donors (Lipinski definition) is 2. The molecule has 0 bridgehead atoms. The van der Waals surface area contributed by atoms with Crippen LogP contribution >= 0.6 is 15.9 Å². The lowest BCUT2D eigenvalue weighted by Gasteiger charge is -2.17. The Hall–Kier alpha value is -1.27. The average Bonchev–Trinajstić information content (AvgIpc) is 2.39. The number of alkyl halides is 1. The number of hydrogen-bond acceptors (Lipinski definition) is 4. The first-order valence-corrected chi connectivity index (χ1v) is 6.97. The lowest BCUT2D eigenvalue weighted by Crippen LogP contribution is -2.38. The highest BCUT2D eigenvalue weighted by Gasteiger charge is 2.18. The minimum absolute atomic E-state index is 0.109. The Morgan fingerprint density at radius 3 is 2.79 bits per heavy atom. The van der Waals surface area contributed by atoms with Crippen molar-refractivity contribution in [3.05, 3.63) is 23.8 Å². The van der Waals surface area contributed by atoms with Crippen molar-refractivity contribution in [2.75, 3.05) is 26.2 Å². The maximum absolute atomic E-state index is 12.1. The van der Waals surface area contributed by atoms with Crippen molar-refractivity contribution in [1.82, 2.24) is 5.32 Å². The van der Waals surface area contributed by atoms with E-state index in [4.69, 9.17) is 9.47 Å². The van der Waals surface area contributed by atoms with Gasteiger partial charge in [0.25, 0.3) is 5.91 Å². The Morgan fingerprint density at radius 1 is 1.47 bits per heavy atom. The molecule has 0 aromatic heterocycles. The number of aromatic hydroxyl groups is 1. The van der Waals surface area contributed by atoms with E-state index < -0.39 is 0 Å². The van der Waals surface area contributed by atoms with Gasteiger partial charge >= 0.3 is 0 Å². The number of benzene rings is 1. The number of carbonyl (C=O) groups excluding carboxylic acids is 1. The molecule has 106 valence electrons. The number of halogens is 1. The van der Waals surface area contributed by atoms with Crippen LogP contribution in [-0.2, 0) is 4.74 Å². The third kappa shape index (κ3) is 4.40. The van der Waals surface area contributed by atoms with E-state index >= 15 is 0 Å². The number of nitrogens with one attached hydrogen (secondary N) is 1. The number of methoxy groups -OCH3 is 2. The zero-order chi connectivity index (χ0) is 14.3. The Balaban J connectivity index is 2.82. The van der Waals surface area contributed by atoms with E-state index in [2.05, 4.69) is 21.2 Å². The van der Waals surface area contributed by atoms with Crippen LogP contribution in [-0.4, -0.2) is 43.2 Å². The summed E-state index contributed by atoms with van der Waals surface area (Å²) in [6.07, 6.45) is 0.740. The van der Waals surface area contributed by atoms with E-state index in [1.807, 2.05) is 0 Å². The number of ether oxygens (including phenoxy) is 2. The van der Waals surface area contributed by atoms with Crippen molar-refractivity contribution in [2.45, 2.75) is 12.5 Å². The van der Waals surface area contributed by atoms with Crippen LogP contribution in [0.3, 0.4) is 0 Å². The van der Waals surface area contributed by atoms with Crippen molar-refractivity contribution in [3.63, 3.8) is 0 Å². The molecule has 0 heterocycles. The molecule has 0 aliphatic rings. The second-order valence-electron chi connectivity index (χ2n) is 3.96. The molecule has 0 aliphatic heterocycles. The fourth-order valence-electron chi connectivity index (χ4n) is 1.66. The average molecular weight is 332 g/mol. The van der Waals surface area contributed by atoms with Gasteiger partial charge < -0.3 is 19.9 Å². The van der Waals surface area contributed by atoms with E-state index in [-0.39, 0.29) is 29.0 Å². The lowest BCUT2D eigenvalue weighted by atomic mass is 10.1. The van der Waals surface area contributed by atoms with E-state index in [0.29, 0.717) is 6.61 Å². The molecule has 1 rings (SSSR count). The Bertz CT molecular complexity index is 419. The third-order valence-electron chi connectivity index (χ3n) is 2.62. The molecule has 1 aromatic rings. The maximum Gasteiger partial charge on any atom is 0.255 e. The highest BCUT2D eigenvalue weighted by molar-refractivity contribution is 9.09. The van der Waals surface area contributed by atoms with Crippen LogP contribution in [0.4, 0.5) is 0 Å². The van der Waals surface area contributed by atoms with Crippen molar-refractivity contribution in [3.8, 4) is 11.5 Å². The Morgan fingerprint density at radius 2 is 2.21 bits per heavy atom. The molecule has 1 unspecified atom stereocenters. The summed E-state index contributed by atoms with van der Waals surface area (Å²) in [7, 11) is 3.02. The summed E-state index contributed by atoms with van der Waals surface area (Å²) in [5.74, 6) is -0.228. The molecule has 0 fully saturated rings. The second-order valence-corrected chi connectivity index (χ2v) is 4.75. The normalized spacial score (nSPS) is 11.9. The zero-order valence-corrected chi connectivity index (χ0v) is 12.6. The van der Waals surface area contributed by atoms with Gasteiger partial charge in [-0.1, -0.05) is 22.0 Å². The summed E-state index contributed by atoms with van der Waals surface area (Å²) in [5.41, 5.74) is 0.190. The van der Waals surface area contributed by atoms with Crippen LogP contribution in [0.15, 0.2) is 18.2 Å². The van der Waals surface area contributed by atoms with Gasteiger partial charge in [0, 0.05) is 12.4 Å². The van der Waals surface area contributed by atoms with Gasteiger partial charge in [0.05, 0.1) is 25.3 Å². The second kappa shape index (κ2) is 8.01. The summed E-state index contributed by atoms with van der Waals surface area (Å²) in [6, 6.07) is 4.69. The highest BCUT2D eigenvalue weighted by Crippen LogP contribution is 2.29. The van der Waals surface area contributed by atoms with Gasteiger partial charge in [-0.05, 0) is 18.6 Å². The van der Waals surface area contributed by atoms with Crippen molar-refractivity contribution in [2.24, 2.45) is 0 Å². The lowest BCUT2D eigenvalue weighted by molar-refractivity contribution is 0.0892. The van der Waals surface area contributed by atoms with Crippen molar-refractivity contribution < 1.29 is 19.4 Å². The number of rotatable bonds is 7. The van der Waals surface area contributed by atoms with Gasteiger partial charge in [-0.15, -0.1) is 0 Å². The van der Waals surface area contributed by atoms with Crippen molar-refractivity contribution >= 4 is 21.8 Å². The van der Waals surface area contributed by atoms with Crippen molar-refractivity contribution in [1.29, 1.82) is 0 Å². The van der Waals surface area contributed by atoms with Crippen LogP contribution in [0.1, 0.15) is 16.8 Å². The fourth-order valence-corrected chi connectivity index (χ4v) is 2.22. The number of phenolic OH excluding ortho intramolecular Hbond substituents is 1. The maximum atomic E-state index is 12.1. The molecule has 0 radical (unpaired) electrons.